The SMILES string of the molecule is CC(C)(C)c1cc(NS(=O)(=O)c2ccccc2)cc(C(C)(C)C)c1O. The number of sulfonamides is 1. The van der Waals surface area contributed by atoms with Crippen molar-refractivity contribution in [3.63, 3.8) is 0 Å². The molecule has 0 aliphatic rings. The van der Waals surface area contributed by atoms with Crippen LogP contribution in [0.15, 0.2) is 47.4 Å². The number of hydrogen-bond acceptors (Lipinski definition) is 3. The molecule has 2 aromatic rings. The van der Waals surface area contributed by atoms with Crippen LogP contribution in [0.25, 0.3) is 0 Å². The summed E-state index contributed by atoms with van der Waals surface area (Å²) in [5.74, 6) is 0.225. The summed E-state index contributed by atoms with van der Waals surface area (Å²) >= 11 is 0. The minimum Gasteiger partial charge on any atom is -0.507 e. The Morgan fingerprint density at radius 2 is 1.28 bits per heavy atom. The van der Waals surface area contributed by atoms with E-state index in [1.807, 2.05) is 41.5 Å². The third-order valence-electron chi connectivity index (χ3n) is 4.03. The van der Waals surface area contributed by atoms with E-state index in [0.29, 0.717) is 16.8 Å². The summed E-state index contributed by atoms with van der Waals surface area (Å²) in [6.07, 6.45) is 0. The number of anilines is 1. The van der Waals surface area contributed by atoms with Gasteiger partial charge in [0, 0.05) is 16.8 Å². The van der Waals surface area contributed by atoms with Crippen LogP contribution < -0.4 is 4.72 Å². The largest absolute Gasteiger partial charge is 0.507 e. The molecule has 0 unspecified atom stereocenters. The van der Waals surface area contributed by atoms with Crippen molar-refractivity contribution in [2.45, 2.75) is 57.3 Å². The van der Waals surface area contributed by atoms with E-state index >= 15 is 0 Å². The quantitative estimate of drug-likeness (QED) is 0.773. The summed E-state index contributed by atoms with van der Waals surface area (Å²) in [5.41, 5.74) is 1.24. The van der Waals surface area contributed by atoms with Crippen LogP contribution in [-0.2, 0) is 20.9 Å². The van der Waals surface area contributed by atoms with Crippen molar-refractivity contribution in [3.05, 3.63) is 53.6 Å². The number of rotatable bonds is 3. The molecule has 5 heteroatoms. The average molecular weight is 362 g/mol. The van der Waals surface area contributed by atoms with Gasteiger partial charge in [0.15, 0.2) is 0 Å². The van der Waals surface area contributed by atoms with Crippen molar-refractivity contribution in [2.24, 2.45) is 0 Å². The maximum absolute atomic E-state index is 12.6. The van der Waals surface area contributed by atoms with Crippen LogP contribution in [0.1, 0.15) is 52.7 Å². The van der Waals surface area contributed by atoms with Crippen LogP contribution in [0.4, 0.5) is 5.69 Å². The van der Waals surface area contributed by atoms with E-state index in [1.54, 1.807) is 42.5 Å². The Hall–Kier alpha value is -2.01. The summed E-state index contributed by atoms with van der Waals surface area (Å²) in [4.78, 5) is 0.206. The Morgan fingerprint density at radius 1 is 0.840 bits per heavy atom. The number of benzene rings is 2. The van der Waals surface area contributed by atoms with Gasteiger partial charge < -0.3 is 5.11 Å². The highest BCUT2D eigenvalue weighted by molar-refractivity contribution is 7.92. The first kappa shape index (κ1) is 19.3. The van der Waals surface area contributed by atoms with Gasteiger partial charge in [0.25, 0.3) is 10.0 Å². The first-order valence-electron chi connectivity index (χ1n) is 8.28. The summed E-state index contributed by atoms with van der Waals surface area (Å²) in [6.45, 7) is 11.9. The molecule has 0 amide bonds. The van der Waals surface area contributed by atoms with Crippen LogP contribution in [-0.4, -0.2) is 13.5 Å². The maximum atomic E-state index is 12.6. The second kappa shape index (κ2) is 6.37. The molecule has 2 N–H and O–H groups in total. The van der Waals surface area contributed by atoms with Gasteiger partial charge >= 0.3 is 0 Å². The number of phenolic OH excluding ortho intramolecular Hbond substituents is 1. The molecule has 4 nitrogen and oxygen atoms in total. The topological polar surface area (TPSA) is 66.4 Å². The van der Waals surface area contributed by atoms with E-state index in [4.69, 9.17) is 0 Å². The normalized spacial score (nSPS) is 12.9. The lowest BCUT2D eigenvalue weighted by Crippen LogP contribution is -2.19. The third-order valence-corrected chi connectivity index (χ3v) is 5.43. The molecule has 2 rings (SSSR count). The monoisotopic (exact) mass is 361 g/mol. The Bertz CT molecular complexity index is 823. The van der Waals surface area contributed by atoms with Crippen LogP contribution >= 0.6 is 0 Å². The van der Waals surface area contributed by atoms with Crippen molar-refractivity contribution in [1.82, 2.24) is 0 Å². The van der Waals surface area contributed by atoms with Crippen molar-refractivity contribution < 1.29 is 13.5 Å². The van der Waals surface area contributed by atoms with E-state index in [-0.39, 0.29) is 21.5 Å². The van der Waals surface area contributed by atoms with Gasteiger partial charge in [0.1, 0.15) is 5.75 Å². The second-order valence-electron chi connectivity index (χ2n) is 8.34. The lowest BCUT2D eigenvalue weighted by atomic mass is 9.79. The van der Waals surface area contributed by atoms with Crippen LogP contribution in [0, 0.1) is 0 Å². The number of phenols is 1. The Morgan fingerprint density at radius 3 is 1.68 bits per heavy atom. The third kappa shape index (κ3) is 4.34. The maximum Gasteiger partial charge on any atom is 0.261 e. The van der Waals surface area contributed by atoms with E-state index < -0.39 is 10.0 Å². The van der Waals surface area contributed by atoms with Gasteiger partial charge in [-0.05, 0) is 35.1 Å². The molecule has 0 radical (unpaired) electrons. The van der Waals surface area contributed by atoms with Crippen molar-refractivity contribution in [2.75, 3.05) is 4.72 Å². The number of nitrogens with one attached hydrogen (secondary N) is 1. The number of hydrogen-bond donors (Lipinski definition) is 2. The van der Waals surface area contributed by atoms with E-state index in [9.17, 15) is 13.5 Å². The predicted octanol–water partition coefficient (Wildman–Crippen LogP) is 4.79. The van der Waals surface area contributed by atoms with Crippen molar-refractivity contribution >= 4 is 15.7 Å². The fourth-order valence-corrected chi connectivity index (χ4v) is 3.71. The average Bonchev–Trinajstić information content (AvgIpc) is 2.47. The van der Waals surface area contributed by atoms with Gasteiger partial charge in [0.2, 0.25) is 0 Å². The molecule has 0 aliphatic heterocycles. The van der Waals surface area contributed by atoms with Gasteiger partial charge in [-0.3, -0.25) is 4.72 Å². The zero-order chi connectivity index (χ0) is 19.0. The van der Waals surface area contributed by atoms with Crippen molar-refractivity contribution in [1.29, 1.82) is 0 Å². The lowest BCUT2D eigenvalue weighted by Gasteiger charge is -2.28. The summed E-state index contributed by atoms with van der Waals surface area (Å²) in [5, 5.41) is 10.7. The molecule has 0 aromatic heterocycles. The molecule has 0 bridgehead atoms. The van der Waals surface area contributed by atoms with Crippen molar-refractivity contribution in [3.8, 4) is 5.75 Å². The van der Waals surface area contributed by atoms with E-state index in [0.717, 1.165) is 0 Å². The minimum absolute atomic E-state index is 0.206. The fraction of sp³-hybridized carbons (Fsp3) is 0.400. The fourth-order valence-electron chi connectivity index (χ4n) is 2.65. The highest BCUT2D eigenvalue weighted by atomic mass is 32.2. The van der Waals surface area contributed by atoms with Gasteiger partial charge in [-0.15, -0.1) is 0 Å². The molecule has 0 aliphatic carbocycles. The molecular formula is C20H27NO3S. The first-order chi connectivity index (χ1) is 11.3. The molecule has 0 saturated heterocycles. The standard InChI is InChI=1S/C20H27NO3S/c1-19(2,3)16-12-14(13-17(18(16)22)20(4,5)6)21-25(23,24)15-10-8-7-9-11-15/h7-13,21-22H,1-6H3. The zero-order valence-corrected chi connectivity index (χ0v) is 16.5. The molecule has 136 valence electrons. The Kier molecular flexibility index (Phi) is 4.92. The molecular weight excluding hydrogens is 334 g/mol. The van der Waals surface area contributed by atoms with Crippen LogP contribution in [0.2, 0.25) is 0 Å². The van der Waals surface area contributed by atoms with Crippen LogP contribution in [0.5, 0.6) is 5.75 Å². The second-order valence-corrected chi connectivity index (χ2v) is 10.0. The zero-order valence-electron chi connectivity index (χ0n) is 15.7. The minimum atomic E-state index is -3.68. The van der Waals surface area contributed by atoms with Gasteiger partial charge in [-0.2, -0.15) is 0 Å². The molecule has 0 heterocycles. The summed E-state index contributed by atoms with van der Waals surface area (Å²) < 4.78 is 27.9. The van der Waals surface area contributed by atoms with Gasteiger partial charge in [-0.25, -0.2) is 8.42 Å². The van der Waals surface area contributed by atoms with Gasteiger partial charge in [0.05, 0.1) is 4.90 Å². The summed E-state index contributed by atoms with van der Waals surface area (Å²) in [6, 6.07) is 11.7. The van der Waals surface area contributed by atoms with E-state index in [2.05, 4.69) is 4.72 Å². The van der Waals surface area contributed by atoms with E-state index in [1.165, 1.54) is 0 Å². The lowest BCUT2D eigenvalue weighted by molar-refractivity contribution is 0.423. The highest BCUT2D eigenvalue weighted by Crippen LogP contribution is 2.41. The Labute approximate surface area is 151 Å². The molecule has 0 atom stereocenters. The molecule has 2 aromatic carbocycles. The number of aromatic hydroxyl groups is 1. The van der Waals surface area contributed by atoms with Gasteiger partial charge in [-0.1, -0.05) is 59.7 Å². The summed E-state index contributed by atoms with van der Waals surface area (Å²) in [7, 11) is -3.68. The molecule has 0 saturated carbocycles. The molecule has 25 heavy (non-hydrogen) atoms. The first-order valence-corrected chi connectivity index (χ1v) is 9.76. The van der Waals surface area contributed by atoms with Crippen LogP contribution in [0.3, 0.4) is 0 Å². The molecule has 0 spiro atoms. The molecule has 0 fully saturated rings. The predicted molar refractivity (Wildman–Crippen MR) is 103 cm³/mol. The highest BCUT2D eigenvalue weighted by Gasteiger charge is 2.27. The smallest absolute Gasteiger partial charge is 0.261 e. The Balaban J connectivity index is 2.59.